The van der Waals surface area contributed by atoms with Crippen molar-refractivity contribution in [2.45, 2.75) is 45.4 Å². The Kier molecular flexibility index (Phi) is 3.34. The first-order valence-corrected chi connectivity index (χ1v) is 6.41. The van der Waals surface area contributed by atoms with Crippen LogP contribution in [0.5, 0.6) is 0 Å². The van der Waals surface area contributed by atoms with Gasteiger partial charge in [-0.2, -0.15) is 0 Å². The molecule has 0 aromatic carbocycles. The van der Waals surface area contributed by atoms with Crippen LogP contribution < -0.4 is 10.6 Å². The van der Waals surface area contributed by atoms with Gasteiger partial charge in [-0.25, -0.2) is 0 Å². The highest BCUT2D eigenvalue weighted by molar-refractivity contribution is 5.46. The molecule has 1 saturated heterocycles. The van der Waals surface area contributed by atoms with Crippen LogP contribution in [0, 0.1) is 0 Å². The first kappa shape index (κ1) is 13.3. The molecule has 18 heavy (non-hydrogen) atoms. The second-order valence-electron chi connectivity index (χ2n) is 6.19. The fourth-order valence-corrected chi connectivity index (χ4v) is 2.69. The number of nitrogens with zero attached hydrogens (tertiary/aromatic N) is 2. The minimum absolute atomic E-state index is 0.145. The number of pyridine rings is 1. The van der Waals surface area contributed by atoms with Gasteiger partial charge in [0, 0.05) is 19.6 Å². The number of nitrogens with two attached hydrogens (primary N) is 1. The van der Waals surface area contributed by atoms with Crippen molar-refractivity contribution in [3.63, 3.8) is 0 Å². The van der Waals surface area contributed by atoms with Crippen LogP contribution >= 0.6 is 0 Å². The van der Waals surface area contributed by atoms with Crippen LogP contribution in [0.1, 0.15) is 33.4 Å². The van der Waals surface area contributed by atoms with Crippen LogP contribution in [-0.4, -0.2) is 29.3 Å². The molecular formula is C14H23N3O. The summed E-state index contributed by atoms with van der Waals surface area (Å²) in [6.07, 6.45) is 1.90. The summed E-state index contributed by atoms with van der Waals surface area (Å²) in [5.74, 6) is 0. The van der Waals surface area contributed by atoms with Gasteiger partial charge in [0.25, 0.3) is 0 Å². The zero-order valence-corrected chi connectivity index (χ0v) is 11.7. The molecule has 100 valence electrons. The van der Waals surface area contributed by atoms with Gasteiger partial charge in [0.15, 0.2) is 0 Å². The minimum atomic E-state index is -0.145. The standard InChI is InChI=1S/C14H23N3O/c1-13(2)9-17(10-14(3,4)18-13)12-6-5-11(7-15)16-8-12/h5-6,8H,7,9-10,15H2,1-4H3. The summed E-state index contributed by atoms with van der Waals surface area (Å²) in [7, 11) is 0. The third-order valence-electron chi connectivity index (χ3n) is 3.08. The fourth-order valence-electron chi connectivity index (χ4n) is 2.69. The summed E-state index contributed by atoms with van der Waals surface area (Å²) < 4.78 is 6.08. The van der Waals surface area contributed by atoms with Gasteiger partial charge < -0.3 is 15.4 Å². The van der Waals surface area contributed by atoms with Crippen LogP contribution in [0.25, 0.3) is 0 Å². The lowest BCUT2D eigenvalue weighted by molar-refractivity contribution is -0.133. The Labute approximate surface area is 109 Å². The van der Waals surface area contributed by atoms with E-state index >= 15 is 0 Å². The van der Waals surface area contributed by atoms with Crippen molar-refractivity contribution >= 4 is 5.69 Å². The maximum Gasteiger partial charge on any atom is 0.0808 e. The van der Waals surface area contributed by atoms with Gasteiger partial charge in [0.05, 0.1) is 28.8 Å². The molecule has 2 N–H and O–H groups in total. The number of ether oxygens (including phenoxy) is 1. The predicted octanol–water partition coefficient (Wildman–Crippen LogP) is 1.93. The summed E-state index contributed by atoms with van der Waals surface area (Å²) >= 11 is 0. The van der Waals surface area contributed by atoms with E-state index < -0.39 is 0 Å². The Morgan fingerprint density at radius 2 is 1.83 bits per heavy atom. The van der Waals surface area contributed by atoms with E-state index in [9.17, 15) is 0 Å². The van der Waals surface area contributed by atoms with Crippen molar-refractivity contribution in [3.8, 4) is 0 Å². The molecule has 2 heterocycles. The van der Waals surface area contributed by atoms with Crippen molar-refractivity contribution in [1.29, 1.82) is 0 Å². The number of hydrogen-bond donors (Lipinski definition) is 1. The van der Waals surface area contributed by atoms with Crippen LogP contribution in [0.3, 0.4) is 0 Å². The SMILES string of the molecule is CC1(C)CN(c2ccc(CN)nc2)CC(C)(C)O1. The number of rotatable bonds is 2. The van der Waals surface area contributed by atoms with Gasteiger partial charge in [-0.15, -0.1) is 0 Å². The topological polar surface area (TPSA) is 51.4 Å². The van der Waals surface area contributed by atoms with E-state index in [0.717, 1.165) is 24.5 Å². The largest absolute Gasteiger partial charge is 0.366 e. The normalized spacial score (nSPS) is 21.9. The summed E-state index contributed by atoms with van der Waals surface area (Å²) in [4.78, 5) is 6.69. The molecule has 1 aliphatic rings. The maximum absolute atomic E-state index is 6.08. The third kappa shape index (κ3) is 3.00. The second-order valence-corrected chi connectivity index (χ2v) is 6.19. The number of morpholine rings is 1. The summed E-state index contributed by atoms with van der Waals surface area (Å²) in [6.45, 7) is 10.7. The van der Waals surface area contributed by atoms with Crippen LogP contribution in [0.15, 0.2) is 18.3 Å². The molecule has 4 heteroatoms. The lowest BCUT2D eigenvalue weighted by Crippen LogP contribution is -2.57. The summed E-state index contributed by atoms with van der Waals surface area (Å²) in [5.41, 5.74) is 7.34. The number of anilines is 1. The molecular weight excluding hydrogens is 226 g/mol. The molecule has 2 rings (SSSR count). The quantitative estimate of drug-likeness (QED) is 0.870. The number of hydrogen-bond acceptors (Lipinski definition) is 4. The smallest absolute Gasteiger partial charge is 0.0808 e. The average Bonchev–Trinajstić information content (AvgIpc) is 2.25. The van der Waals surface area contributed by atoms with Crippen molar-refractivity contribution in [2.75, 3.05) is 18.0 Å². The van der Waals surface area contributed by atoms with Gasteiger partial charge in [0.2, 0.25) is 0 Å². The van der Waals surface area contributed by atoms with Gasteiger partial charge in [-0.3, -0.25) is 4.98 Å². The first-order chi connectivity index (χ1) is 8.31. The molecule has 1 aromatic heterocycles. The highest BCUT2D eigenvalue weighted by Gasteiger charge is 2.38. The van der Waals surface area contributed by atoms with E-state index in [1.54, 1.807) is 0 Å². The van der Waals surface area contributed by atoms with Crippen LogP contribution in [0.4, 0.5) is 5.69 Å². The Morgan fingerprint density at radius 1 is 1.22 bits per heavy atom. The van der Waals surface area contributed by atoms with Crippen LogP contribution in [-0.2, 0) is 11.3 Å². The van der Waals surface area contributed by atoms with Crippen molar-refractivity contribution < 1.29 is 4.74 Å². The van der Waals surface area contributed by atoms with E-state index in [2.05, 4.69) is 43.6 Å². The fraction of sp³-hybridized carbons (Fsp3) is 0.643. The summed E-state index contributed by atoms with van der Waals surface area (Å²) in [5, 5.41) is 0. The van der Waals surface area contributed by atoms with Gasteiger partial charge in [-0.05, 0) is 39.8 Å². The Balaban J connectivity index is 2.21. The van der Waals surface area contributed by atoms with Crippen molar-refractivity contribution in [1.82, 2.24) is 4.98 Å². The zero-order valence-electron chi connectivity index (χ0n) is 11.7. The predicted molar refractivity (Wildman–Crippen MR) is 73.6 cm³/mol. The highest BCUT2D eigenvalue weighted by atomic mass is 16.5. The van der Waals surface area contributed by atoms with E-state index in [4.69, 9.17) is 10.5 Å². The molecule has 0 radical (unpaired) electrons. The molecule has 0 amide bonds. The number of aromatic nitrogens is 1. The average molecular weight is 249 g/mol. The Bertz CT molecular complexity index is 396. The van der Waals surface area contributed by atoms with E-state index in [1.165, 1.54) is 0 Å². The monoisotopic (exact) mass is 249 g/mol. The molecule has 0 spiro atoms. The summed E-state index contributed by atoms with van der Waals surface area (Å²) in [6, 6.07) is 4.08. The molecule has 0 unspecified atom stereocenters. The molecule has 0 saturated carbocycles. The van der Waals surface area contributed by atoms with E-state index in [1.807, 2.05) is 12.3 Å². The van der Waals surface area contributed by atoms with Gasteiger partial charge in [0.1, 0.15) is 0 Å². The Hall–Kier alpha value is -1.13. The first-order valence-electron chi connectivity index (χ1n) is 6.41. The minimum Gasteiger partial charge on any atom is -0.366 e. The molecule has 1 fully saturated rings. The van der Waals surface area contributed by atoms with Crippen LogP contribution in [0.2, 0.25) is 0 Å². The second kappa shape index (κ2) is 4.52. The van der Waals surface area contributed by atoms with E-state index in [0.29, 0.717) is 6.54 Å². The molecule has 1 aliphatic heterocycles. The maximum atomic E-state index is 6.08. The zero-order chi connectivity index (χ0) is 13.4. The Morgan fingerprint density at radius 3 is 2.28 bits per heavy atom. The molecule has 0 atom stereocenters. The van der Waals surface area contributed by atoms with Gasteiger partial charge >= 0.3 is 0 Å². The molecule has 1 aromatic rings. The molecule has 0 aliphatic carbocycles. The lowest BCUT2D eigenvalue weighted by Gasteiger charge is -2.48. The van der Waals surface area contributed by atoms with E-state index in [-0.39, 0.29) is 11.2 Å². The highest BCUT2D eigenvalue weighted by Crippen LogP contribution is 2.31. The van der Waals surface area contributed by atoms with Gasteiger partial charge in [-0.1, -0.05) is 0 Å². The van der Waals surface area contributed by atoms with Crippen molar-refractivity contribution in [2.24, 2.45) is 5.73 Å². The lowest BCUT2D eigenvalue weighted by atomic mass is 9.98. The molecule has 0 bridgehead atoms. The van der Waals surface area contributed by atoms with Crippen molar-refractivity contribution in [3.05, 3.63) is 24.0 Å². The third-order valence-corrected chi connectivity index (χ3v) is 3.08. The molecule has 4 nitrogen and oxygen atoms in total.